The Morgan fingerprint density at radius 3 is 2.50 bits per heavy atom. The van der Waals surface area contributed by atoms with Crippen LogP contribution in [0, 0.1) is 6.92 Å². The molecule has 1 N–H and O–H groups in total. The minimum atomic E-state index is -0.380. The van der Waals surface area contributed by atoms with Gasteiger partial charge in [-0.05, 0) is 55.2 Å². The number of aryl methyl sites for hydroxylation is 2. The second kappa shape index (κ2) is 10.6. The Morgan fingerprint density at radius 2 is 1.79 bits per heavy atom. The molecule has 34 heavy (non-hydrogen) atoms. The first-order chi connectivity index (χ1) is 16.5. The third-order valence-electron chi connectivity index (χ3n) is 5.57. The van der Waals surface area contributed by atoms with E-state index in [-0.39, 0.29) is 29.5 Å². The fourth-order valence-corrected chi connectivity index (χ4v) is 3.84. The molecule has 174 valence electrons. The molecule has 0 aliphatic heterocycles. The average molecular weight is 476 g/mol. The van der Waals surface area contributed by atoms with Crippen LogP contribution >= 0.6 is 11.6 Å². The summed E-state index contributed by atoms with van der Waals surface area (Å²) in [6.07, 6.45) is 3.27. The van der Waals surface area contributed by atoms with Crippen molar-refractivity contribution in [3.05, 3.63) is 93.1 Å². The Labute approximate surface area is 203 Å². The summed E-state index contributed by atoms with van der Waals surface area (Å²) >= 11 is 6.24. The molecular formula is C28H26ClNO4. The van der Waals surface area contributed by atoms with E-state index < -0.39 is 0 Å². The number of amides is 1. The van der Waals surface area contributed by atoms with Gasteiger partial charge in [0.15, 0.2) is 12.4 Å². The third kappa shape index (κ3) is 5.32. The average Bonchev–Trinajstić information content (AvgIpc) is 2.85. The smallest absolute Gasteiger partial charge is 0.262 e. The molecule has 0 saturated carbocycles. The molecular weight excluding hydrogens is 450 g/mol. The van der Waals surface area contributed by atoms with E-state index in [0.29, 0.717) is 27.2 Å². The van der Waals surface area contributed by atoms with E-state index in [1.54, 1.807) is 12.1 Å². The van der Waals surface area contributed by atoms with E-state index in [0.717, 1.165) is 24.8 Å². The van der Waals surface area contributed by atoms with Crippen LogP contribution < -0.4 is 15.5 Å². The minimum Gasteiger partial charge on any atom is -0.476 e. The Balaban J connectivity index is 1.59. The number of carbonyl (C=O) groups excluding carboxylic acids is 1. The normalized spacial score (nSPS) is 10.9. The predicted octanol–water partition coefficient (Wildman–Crippen LogP) is 6.78. The highest BCUT2D eigenvalue weighted by Gasteiger charge is 2.19. The number of rotatable bonds is 8. The largest absolute Gasteiger partial charge is 0.476 e. The molecule has 1 aromatic heterocycles. The summed E-state index contributed by atoms with van der Waals surface area (Å²) < 4.78 is 11.8. The third-order valence-corrected chi connectivity index (χ3v) is 5.98. The molecule has 0 aliphatic rings. The Hall–Kier alpha value is -3.57. The summed E-state index contributed by atoms with van der Waals surface area (Å²) in [6, 6.07) is 20.2. The van der Waals surface area contributed by atoms with Crippen molar-refractivity contribution in [2.75, 3.05) is 11.9 Å². The molecule has 4 rings (SSSR count). The first-order valence-electron chi connectivity index (χ1n) is 11.3. The van der Waals surface area contributed by atoms with Gasteiger partial charge in [0.2, 0.25) is 11.2 Å². The molecule has 0 spiro atoms. The van der Waals surface area contributed by atoms with Crippen molar-refractivity contribution in [2.45, 2.75) is 33.1 Å². The summed E-state index contributed by atoms with van der Waals surface area (Å²) in [5.74, 6) is -0.127. The summed E-state index contributed by atoms with van der Waals surface area (Å²) in [4.78, 5) is 25.9. The monoisotopic (exact) mass is 475 g/mol. The van der Waals surface area contributed by atoms with Gasteiger partial charge in [-0.2, -0.15) is 0 Å². The molecule has 0 fully saturated rings. The molecule has 1 heterocycles. The fourth-order valence-electron chi connectivity index (χ4n) is 3.68. The van der Waals surface area contributed by atoms with Crippen molar-refractivity contribution in [1.82, 2.24) is 0 Å². The predicted molar refractivity (Wildman–Crippen MR) is 137 cm³/mol. The van der Waals surface area contributed by atoms with Crippen molar-refractivity contribution >= 4 is 34.2 Å². The molecule has 0 aliphatic carbocycles. The van der Waals surface area contributed by atoms with Crippen LogP contribution in [0.2, 0.25) is 5.02 Å². The number of benzene rings is 3. The first-order valence-corrected chi connectivity index (χ1v) is 11.7. The minimum absolute atomic E-state index is 0.0244. The zero-order valence-electron chi connectivity index (χ0n) is 19.2. The highest BCUT2D eigenvalue weighted by molar-refractivity contribution is 6.32. The first kappa shape index (κ1) is 23.6. The quantitative estimate of drug-likeness (QED) is 0.305. The lowest BCUT2D eigenvalue weighted by Crippen LogP contribution is -2.22. The summed E-state index contributed by atoms with van der Waals surface area (Å²) in [5, 5.41) is 3.57. The van der Waals surface area contributed by atoms with Gasteiger partial charge in [0, 0.05) is 16.3 Å². The fraction of sp³-hybridized carbons (Fsp3) is 0.214. The van der Waals surface area contributed by atoms with Gasteiger partial charge in [-0.15, -0.1) is 0 Å². The molecule has 0 unspecified atom stereocenters. The summed E-state index contributed by atoms with van der Waals surface area (Å²) in [6.45, 7) is 3.66. The number of fused-ring (bicyclic) bond motifs is 1. The lowest BCUT2D eigenvalue weighted by Gasteiger charge is -2.13. The number of halogens is 1. The number of anilines is 1. The number of ether oxygens (including phenoxy) is 1. The second-order valence-corrected chi connectivity index (χ2v) is 8.60. The van der Waals surface area contributed by atoms with E-state index in [2.05, 4.69) is 12.2 Å². The zero-order valence-corrected chi connectivity index (χ0v) is 19.9. The highest BCUT2D eigenvalue weighted by Crippen LogP contribution is 2.32. The van der Waals surface area contributed by atoms with Crippen LogP contribution in [0.4, 0.5) is 5.69 Å². The summed E-state index contributed by atoms with van der Waals surface area (Å²) in [7, 11) is 0. The number of hydrogen-bond donors (Lipinski definition) is 1. The number of carbonyl (C=O) groups is 1. The van der Waals surface area contributed by atoms with Gasteiger partial charge in [-0.3, -0.25) is 9.59 Å². The van der Waals surface area contributed by atoms with Gasteiger partial charge in [0.1, 0.15) is 5.58 Å². The van der Waals surface area contributed by atoms with Crippen molar-refractivity contribution in [2.24, 2.45) is 0 Å². The molecule has 4 aromatic rings. The maximum absolute atomic E-state index is 13.3. The van der Waals surface area contributed by atoms with Gasteiger partial charge in [-0.25, -0.2) is 0 Å². The van der Waals surface area contributed by atoms with Crippen molar-refractivity contribution in [3.8, 4) is 17.1 Å². The summed E-state index contributed by atoms with van der Waals surface area (Å²) in [5.41, 5.74) is 3.40. The van der Waals surface area contributed by atoms with Crippen LogP contribution in [0.1, 0.15) is 30.9 Å². The van der Waals surface area contributed by atoms with Crippen LogP contribution in [0.3, 0.4) is 0 Å². The molecule has 0 atom stereocenters. The molecule has 0 bridgehead atoms. The van der Waals surface area contributed by atoms with Crippen molar-refractivity contribution < 1.29 is 13.9 Å². The molecule has 3 aromatic carbocycles. The van der Waals surface area contributed by atoms with Crippen molar-refractivity contribution in [3.63, 3.8) is 0 Å². The van der Waals surface area contributed by atoms with Crippen LogP contribution in [0.25, 0.3) is 22.3 Å². The van der Waals surface area contributed by atoms with E-state index >= 15 is 0 Å². The van der Waals surface area contributed by atoms with E-state index in [1.807, 2.05) is 61.5 Å². The standard InChI is InChI=1S/C28H26ClNO4/c1-3-4-8-19-11-13-21(14-12-19)30-25(31)17-33-28-26(32)22-16-23(29)18(2)15-24(22)34-27(28)20-9-6-5-7-10-20/h5-7,9-16H,3-4,8,17H2,1-2H3,(H,30,31). The van der Waals surface area contributed by atoms with Gasteiger partial charge in [0.05, 0.1) is 5.39 Å². The number of nitrogens with one attached hydrogen (secondary N) is 1. The molecule has 6 heteroatoms. The highest BCUT2D eigenvalue weighted by atomic mass is 35.5. The Bertz CT molecular complexity index is 1360. The second-order valence-electron chi connectivity index (χ2n) is 8.19. The van der Waals surface area contributed by atoms with Crippen LogP contribution in [0.15, 0.2) is 75.9 Å². The maximum Gasteiger partial charge on any atom is 0.262 e. The van der Waals surface area contributed by atoms with E-state index in [4.69, 9.17) is 20.8 Å². The van der Waals surface area contributed by atoms with Gasteiger partial charge < -0.3 is 14.5 Å². The number of hydrogen-bond acceptors (Lipinski definition) is 4. The molecule has 0 saturated heterocycles. The lowest BCUT2D eigenvalue weighted by atomic mass is 10.1. The molecule has 5 nitrogen and oxygen atoms in total. The lowest BCUT2D eigenvalue weighted by molar-refractivity contribution is -0.118. The van der Waals surface area contributed by atoms with E-state index in [1.165, 1.54) is 5.56 Å². The van der Waals surface area contributed by atoms with Crippen LogP contribution in [-0.4, -0.2) is 12.5 Å². The van der Waals surface area contributed by atoms with E-state index in [9.17, 15) is 9.59 Å². The Kier molecular flexibility index (Phi) is 7.33. The van der Waals surface area contributed by atoms with Gasteiger partial charge >= 0.3 is 0 Å². The van der Waals surface area contributed by atoms with Gasteiger partial charge in [-0.1, -0.05) is 67.4 Å². The number of unbranched alkanes of at least 4 members (excludes halogenated alkanes) is 1. The topological polar surface area (TPSA) is 68.5 Å². The zero-order chi connectivity index (χ0) is 24.1. The van der Waals surface area contributed by atoms with Crippen LogP contribution in [0.5, 0.6) is 5.75 Å². The van der Waals surface area contributed by atoms with Gasteiger partial charge in [0.25, 0.3) is 5.91 Å². The van der Waals surface area contributed by atoms with Crippen LogP contribution in [-0.2, 0) is 11.2 Å². The Morgan fingerprint density at radius 1 is 1.06 bits per heavy atom. The maximum atomic E-state index is 13.3. The molecule has 0 radical (unpaired) electrons. The molecule has 1 amide bonds. The van der Waals surface area contributed by atoms with Crippen molar-refractivity contribution in [1.29, 1.82) is 0 Å². The SMILES string of the molecule is CCCCc1ccc(NC(=O)COc2c(-c3ccccc3)oc3cc(C)c(Cl)cc3c2=O)cc1.